The molecule has 0 radical (unpaired) electrons. The molecule has 0 heterocycles. The number of hydrogen-bond donors (Lipinski definition) is 3. The molecule has 0 amide bonds. The van der Waals surface area contributed by atoms with Crippen LogP contribution in [0.4, 0.5) is 0 Å². The van der Waals surface area contributed by atoms with Crippen molar-refractivity contribution in [3.8, 4) is 34.5 Å². The van der Waals surface area contributed by atoms with Gasteiger partial charge in [0, 0.05) is 0 Å². The van der Waals surface area contributed by atoms with E-state index >= 15 is 0 Å². The SMILES string of the molecule is O=C(OC[C@H](O)C(O)(CO)COC(=O)c1cc(OCc2ccccc2)c(OCc2ccccc2)c(OCc2ccccc2)c1)c1cc(OCc2ccccc2)c(OCc2ccccc2)c(OCc2ccccc2)c1. The van der Waals surface area contributed by atoms with Gasteiger partial charge in [-0.15, -0.1) is 0 Å². The van der Waals surface area contributed by atoms with Crippen molar-refractivity contribution in [1.82, 2.24) is 0 Å². The zero-order valence-corrected chi connectivity index (χ0v) is 40.5. The highest BCUT2D eigenvalue weighted by Crippen LogP contribution is 2.42. The largest absolute Gasteiger partial charge is 0.485 e. The molecule has 74 heavy (non-hydrogen) atoms. The number of aliphatic hydroxyl groups excluding tert-OH is 2. The Hall–Kier alpha value is -8.62. The average Bonchev–Trinajstić information content (AvgIpc) is 3.46. The molecule has 0 saturated heterocycles. The number of ether oxygens (including phenoxy) is 8. The Bertz CT molecular complexity index is 2870. The van der Waals surface area contributed by atoms with E-state index < -0.39 is 43.5 Å². The van der Waals surface area contributed by atoms with E-state index in [2.05, 4.69) is 0 Å². The highest BCUT2D eigenvalue weighted by molar-refractivity contribution is 5.92. The fourth-order valence-corrected chi connectivity index (χ4v) is 7.42. The molecule has 8 aromatic carbocycles. The van der Waals surface area contributed by atoms with Gasteiger partial charge in [0.25, 0.3) is 0 Å². The predicted molar refractivity (Wildman–Crippen MR) is 276 cm³/mol. The van der Waals surface area contributed by atoms with Crippen LogP contribution in [0.1, 0.15) is 54.1 Å². The number of aliphatic hydroxyl groups is 3. The minimum absolute atomic E-state index is 0.0267. The molecule has 0 bridgehead atoms. The smallest absolute Gasteiger partial charge is 0.338 e. The van der Waals surface area contributed by atoms with Crippen molar-refractivity contribution >= 4 is 11.9 Å². The first-order chi connectivity index (χ1) is 36.2. The average molecular weight is 997 g/mol. The van der Waals surface area contributed by atoms with E-state index in [-0.39, 0.29) is 85.3 Å². The third-order valence-electron chi connectivity index (χ3n) is 11.6. The molecule has 2 atom stereocenters. The first-order valence-electron chi connectivity index (χ1n) is 23.9. The highest BCUT2D eigenvalue weighted by atomic mass is 16.6. The van der Waals surface area contributed by atoms with Crippen LogP contribution in [0.2, 0.25) is 0 Å². The van der Waals surface area contributed by atoms with E-state index in [1.165, 1.54) is 24.3 Å². The summed E-state index contributed by atoms with van der Waals surface area (Å²) >= 11 is 0. The normalized spacial score (nSPS) is 12.1. The zero-order chi connectivity index (χ0) is 51.4. The van der Waals surface area contributed by atoms with Crippen molar-refractivity contribution in [3.63, 3.8) is 0 Å². The second kappa shape index (κ2) is 26.2. The van der Waals surface area contributed by atoms with E-state index in [0.717, 1.165) is 33.4 Å². The molecule has 13 nitrogen and oxygen atoms in total. The van der Waals surface area contributed by atoms with Gasteiger partial charge >= 0.3 is 11.9 Å². The Morgan fingerprint density at radius 2 is 0.649 bits per heavy atom. The van der Waals surface area contributed by atoms with Crippen LogP contribution in [-0.4, -0.2) is 58.8 Å². The van der Waals surface area contributed by atoms with Gasteiger partial charge in [-0.1, -0.05) is 182 Å². The summed E-state index contributed by atoms with van der Waals surface area (Å²) in [6, 6.07) is 62.6. The molecule has 1 unspecified atom stereocenters. The number of rotatable bonds is 26. The molecule has 0 aliphatic carbocycles. The summed E-state index contributed by atoms with van der Waals surface area (Å²) in [6.45, 7) is -2.02. The molecule has 0 saturated carbocycles. The lowest BCUT2D eigenvalue weighted by atomic mass is 9.99. The standard InChI is InChI=1S/C61H56O13/c62-42-61(66,43-74-60(65)51-33-54(69-37-46-23-11-3-12-24-46)58(72-40-49-29-17-6-18-30-49)55(34-51)70-38-47-25-13-4-14-26-47)56(63)41-73-59(64)50-31-52(67-35-44-19-7-1-8-20-44)57(71-39-48-27-15-5-16-28-48)53(32-50)68-36-45-21-9-2-10-22-45/h1-34,56,62-63,66H,35-43H2/t56-,61?/m0/s1. The second-order valence-corrected chi connectivity index (χ2v) is 17.2. The number of carbonyl (C=O) groups is 2. The molecule has 378 valence electrons. The summed E-state index contributed by atoms with van der Waals surface area (Å²) < 4.78 is 49.0. The predicted octanol–water partition coefficient (Wildman–Crippen LogP) is 10.3. The van der Waals surface area contributed by atoms with Crippen LogP contribution in [0.3, 0.4) is 0 Å². The number of carbonyl (C=O) groups excluding carboxylic acids is 2. The Kier molecular flexibility index (Phi) is 18.3. The van der Waals surface area contributed by atoms with Crippen molar-refractivity contribution in [3.05, 3.63) is 251 Å². The van der Waals surface area contributed by atoms with Gasteiger partial charge in [-0.2, -0.15) is 0 Å². The molecule has 0 spiro atoms. The van der Waals surface area contributed by atoms with E-state index in [9.17, 15) is 24.9 Å². The summed E-state index contributed by atoms with van der Waals surface area (Å²) in [5.41, 5.74) is 2.61. The van der Waals surface area contributed by atoms with Gasteiger partial charge < -0.3 is 53.2 Å². The fraction of sp³-hybridized carbons (Fsp3) is 0.180. The van der Waals surface area contributed by atoms with Crippen molar-refractivity contribution in [2.75, 3.05) is 19.8 Å². The topological polar surface area (TPSA) is 169 Å². The molecule has 0 fully saturated rings. The van der Waals surface area contributed by atoms with Gasteiger partial charge in [0.05, 0.1) is 17.7 Å². The molecular weight excluding hydrogens is 941 g/mol. The lowest BCUT2D eigenvalue weighted by molar-refractivity contribution is -0.145. The lowest BCUT2D eigenvalue weighted by Crippen LogP contribution is -2.52. The third-order valence-corrected chi connectivity index (χ3v) is 11.6. The van der Waals surface area contributed by atoms with Crippen LogP contribution in [0.15, 0.2) is 206 Å². The molecule has 0 aliphatic rings. The van der Waals surface area contributed by atoms with Crippen LogP contribution < -0.4 is 28.4 Å². The molecular formula is C61H56O13. The van der Waals surface area contributed by atoms with E-state index in [4.69, 9.17) is 37.9 Å². The minimum Gasteiger partial charge on any atom is -0.485 e. The van der Waals surface area contributed by atoms with E-state index in [0.29, 0.717) is 0 Å². The van der Waals surface area contributed by atoms with E-state index in [1.54, 1.807) is 0 Å². The number of hydrogen-bond acceptors (Lipinski definition) is 13. The zero-order valence-electron chi connectivity index (χ0n) is 40.5. The molecule has 13 heteroatoms. The van der Waals surface area contributed by atoms with Crippen molar-refractivity contribution in [1.29, 1.82) is 0 Å². The Labute approximate surface area is 429 Å². The highest BCUT2D eigenvalue weighted by Gasteiger charge is 2.38. The summed E-state index contributed by atoms with van der Waals surface area (Å²) in [7, 11) is 0. The minimum atomic E-state index is -2.49. The van der Waals surface area contributed by atoms with Gasteiger partial charge in [-0.3, -0.25) is 0 Å². The van der Waals surface area contributed by atoms with Crippen molar-refractivity contribution in [2.45, 2.75) is 51.3 Å². The monoisotopic (exact) mass is 996 g/mol. The maximum atomic E-state index is 14.0. The van der Waals surface area contributed by atoms with Crippen LogP contribution >= 0.6 is 0 Å². The van der Waals surface area contributed by atoms with Crippen molar-refractivity contribution < 1.29 is 62.8 Å². The first kappa shape index (κ1) is 51.7. The number of esters is 2. The summed E-state index contributed by atoms with van der Waals surface area (Å²) in [5, 5.41) is 33.3. The van der Waals surface area contributed by atoms with Gasteiger partial charge in [0.2, 0.25) is 11.5 Å². The maximum Gasteiger partial charge on any atom is 0.338 e. The molecule has 8 rings (SSSR count). The van der Waals surface area contributed by atoms with Crippen LogP contribution in [-0.2, 0) is 49.1 Å². The summed E-state index contributed by atoms with van der Waals surface area (Å²) in [4.78, 5) is 27.9. The van der Waals surface area contributed by atoms with E-state index in [1.807, 2.05) is 182 Å². The molecule has 0 aliphatic heterocycles. The van der Waals surface area contributed by atoms with Crippen LogP contribution in [0, 0.1) is 0 Å². The third kappa shape index (κ3) is 14.7. The maximum absolute atomic E-state index is 14.0. The molecule has 0 aromatic heterocycles. The molecule has 8 aromatic rings. The summed E-state index contributed by atoms with van der Waals surface area (Å²) in [6.07, 6.45) is -1.94. The van der Waals surface area contributed by atoms with Crippen molar-refractivity contribution in [2.24, 2.45) is 0 Å². The lowest BCUT2D eigenvalue weighted by Gasteiger charge is -2.30. The van der Waals surface area contributed by atoms with Gasteiger partial charge in [0.1, 0.15) is 59.0 Å². The Morgan fingerprint density at radius 3 is 0.919 bits per heavy atom. The van der Waals surface area contributed by atoms with Gasteiger partial charge in [-0.05, 0) is 57.6 Å². The second-order valence-electron chi connectivity index (χ2n) is 17.2. The van der Waals surface area contributed by atoms with Crippen LogP contribution in [0.25, 0.3) is 0 Å². The molecule has 3 N–H and O–H groups in total. The van der Waals surface area contributed by atoms with Gasteiger partial charge in [0.15, 0.2) is 28.6 Å². The van der Waals surface area contributed by atoms with Gasteiger partial charge in [-0.25, -0.2) is 9.59 Å². The summed E-state index contributed by atoms with van der Waals surface area (Å²) in [5.74, 6) is -0.696. The fourth-order valence-electron chi connectivity index (χ4n) is 7.42. The Morgan fingerprint density at radius 1 is 0.392 bits per heavy atom. The first-order valence-corrected chi connectivity index (χ1v) is 23.9. The Balaban J connectivity index is 1.00. The van der Waals surface area contributed by atoms with Crippen LogP contribution in [0.5, 0.6) is 34.5 Å². The quantitative estimate of drug-likeness (QED) is 0.0439. The number of benzene rings is 8.